The highest BCUT2D eigenvalue weighted by atomic mass is 16.5. The van der Waals surface area contributed by atoms with Crippen LogP contribution in [-0.2, 0) is 9.53 Å². The molecule has 0 spiro atoms. The molecular weight excluding hydrogens is 360 g/mol. The van der Waals surface area contributed by atoms with Gasteiger partial charge in [0.25, 0.3) is 0 Å². The number of aliphatic carboxylic acids is 1. The molecule has 0 unspecified atom stereocenters. The fourth-order valence-electron chi connectivity index (χ4n) is 2.84. The van der Waals surface area contributed by atoms with Gasteiger partial charge in [-0.05, 0) is 32.1 Å². The van der Waals surface area contributed by atoms with Gasteiger partial charge >= 0.3 is 5.97 Å². The van der Waals surface area contributed by atoms with Crippen LogP contribution >= 0.6 is 0 Å². The summed E-state index contributed by atoms with van der Waals surface area (Å²) in [7, 11) is 0. The van der Waals surface area contributed by atoms with E-state index in [4.69, 9.17) is 9.84 Å². The standard InChI is InChI=1S/C22H34O6/c1-2-3-8-11-17(23)14-15-20-19(25)16-21(28-20)18(24)12-9-6-4-5-7-10-13-22(26)27/h3,5-9,14-15,17-21,23-25H,2,4,10-13,16H2,1H3,(H,26,27)/b7-5-,8-3-,9-6-,15-14+/t17-,18+,19+,20+,21+/m1/s1. The lowest BCUT2D eigenvalue weighted by atomic mass is 10.0. The van der Waals surface area contributed by atoms with Crippen molar-refractivity contribution in [3.8, 4) is 0 Å². The van der Waals surface area contributed by atoms with Gasteiger partial charge < -0.3 is 25.2 Å². The Morgan fingerprint density at radius 2 is 1.82 bits per heavy atom. The normalized spacial score (nSPS) is 25.5. The van der Waals surface area contributed by atoms with E-state index in [2.05, 4.69) is 0 Å². The summed E-state index contributed by atoms with van der Waals surface area (Å²) in [4.78, 5) is 10.4. The first-order chi connectivity index (χ1) is 13.4. The van der Waals surface area contributed by atoms with Crippen LogP contribution in [0.3, 0.4) is 0 Å². The van der Waals surface area contributed by atoms with Crippen molar-refractivity contribution < 1.29 is 30.0 Å². The zero-order valence-electron chi connectivity index (χ0n) is 16.6. The number of rotatable bonds is 13. The van der Waals surface area contributed by atoms with Crippen molar-refractivity contribution in [1.29, 1.82) is 0 Å². The summed E-state index contributed by atoms with van der Waals surface area (Å²) >= 11 is 0. The molecule has 28 heavy (non-hydrogen) atoms. The van der Waals surface area contributed by atoms with Crippen molar-refractivity contribution in [2.45, 2.75) is 82.4 Å². The molecule has 4 N–H and O–H groups in total. The Labute approximate surface area is 167 Å². The van der Waals surface area contributed by atoms with E-state index < -0.39 is 36.5 Å². The molecule has 1 heterocycles. The summed E-state index contributed by atoms with van der Waals surface area (Å²) in [5, 5.41) is 38.8. The summed E-state index contributed by atoms with van der Waals surface area (Å²) in [6.45, 7) is 2.03. The van der Waals surface area contributed by atoms with Crippen molar-refractivity contribution in [2.75, 3.05) is 0 Å². The molecule has 1 aliphatic heterocycles. The number of carboxylic acid groups (broad SMARTS) is 1. The van der Waals surface area contributed by atoms with Crippen molar-refractivity contribution >= 4 is 5.97 Å². The highest BCUT2D eigenvalue weighted by Crippen LogP contribution is 2.25. The van der Waals surface area contributed by atoms with Crippen LogP contribution in [0.1, 0.15) is 51.9 Å². The third-order valence-corrected chi connectivity index (χ3v) is 4.42. The molecule has 0 aliphatic carbocycles. The van der Waals surface area contributed by atoms with Gasteiger partial charge in [-0.25, -0.2) is 0 Å². The molecule has 0 amide bonds. The molecule has 1 aliphatic rings. The zero-order valence-corrected chi connectivity index (χ0v) is 16.6. The van der Waals surface area contributed by atoms with Gasteiger partial charge in [-0.15, -0.1) is 0 Å². The van der Waals surface area contributed by atoms with Gasteiger partial charge in [0.1, 0.15) is 6.10 Å². The van der Waals surface area contributed by atoms with Gasteiger partial charge in [0, 0.05) is 12.8 Å². The number of allylic oxidation sites excluding steroid dienone is 4. The number of carboxylic acids is 1. The number of hydrogen-bond acceptors (Lipinski definition) is 5. The average molecular weight is 395 g/mol. The maximum Gasteiger partial charge on any atom is 0.303 e. The minimum absolute atomic E-state index is 0.127. The van der Waals surface area contributed by atoms with Crippen LogP contribution in [-0.4, -0.2) is 56.9 Å². The topological polar surface area (TPSA) is 107 Å². The lowest BCUT2D eigenvalue weighted by Gasteiger charge is -2.16. The molecule has 1 saturated heterocycles. The first-order valence-corrected chi connectivity index (χ1v) is 9.98. The maximum absolute atomic E-state index is 10.4. The molecule has 0 aromatic rings. The molecule has 0 aromatic heterocycles. The summed E-state index contributed by atoms with van der Waals surface area (Å²) in [5.74, 6) is -0.807. The van der Waals surface area contributed by atoms with Crippen LogP contribution < -0.4 is 0 Å². The third-order valence-electron chi connectivity index (χ3n) is 4.42. The highest BCUT2D eigenvalue weighted by Gasteiger charge is 2.35. The van der Waals surface area contributed by atoms with Gasteiger partial charge in [0.05, 0.1) is 24.4 Å². The van der Waals surface area contributed by atoms with Crippen LogP contribution in [0.2, 0.25) is 0 Å². The van der Waals surface area contributed by atoms with E-state index in [1.54, 1.807) is 12.2 Å². The van der Waals surface area contributed by atoms with E-state index in [1.807, 2.05) is 43.4 Å². The number of hydrogen-bond donors (Lipinski definition) is 4. The van der Waals surface area contributed by atoms with E-state index in [9.17, 15) is 20.1 Å². The van der Waals surface area contributed by atoms with Crippen molar-refractivity contribution in [2.24, 2.45) is 0 Å². The Kier molecular flexibility index (Phi) is 12.4. The second kappa shape index (κ2) is 14.3. The maximum atomic E-state index is 10.4. The molecular formula is C22H34O6. The Morgan fingerprint density at radius 1 is 1.11 bits per heavy atom. The molecule has 0 aromatic carbocycles. The monoisotopic (exact) mass is 394 g/mol. The Bertz CT molecular complexity index is 551. The lowest BCUT2D eigenvalue weighted by molar-refractivity contribution is -0.136. The Morgan fingerprint density at radius 3 is 2.54 bits per heavy atom. The van der Waals surface area contributed by atoms with Gasteiger partial charge in [0.15, 0.2) is 0 Å². The van der Waals surface area contributed by atoms with Gasteiger partial charge in [-0.2, -0.15) is 0 Å². The van der Waals surface area contributed by atoms with E-state index >= 15 is 0 Å². The molecule has 158 valence electrons. The van der Waals surface area contributed by atoms with Crippen LogP contribution in [0, 0.1) is 0 Å². The lowest BCUT2D eigenvalue weighted by Crippen LogP contribution is -2.25. The molecule has 6 heteroatoms. The van der Waals surface area contributed by atoms with E-state index in [0.717, 1.165) is 6.42 Å². The average Bonchev–Trinajstić information content (AvgIpc) is 3.03. The van der Waals surface area contributed by atoms with Gasteiger partial charge in [0.2, 0.25) is 0 Å². The SMILES string of the molecule is CC/C=C\C[C@@H](O)/C=C/[C@@H]1O[C@H]([C@@H](O)C/C=C\C/C=C\CCC(=O)O)C[C@@H]1O. The summed E-state index contributed by atoms with van der Waals surface area (Å²) in [6, 6.07) is 0. The molecule has 0 radical (unpaired) electrons. The zero-order chi connectivity index (χ0) is 20.8. The molecule has 5 atom stereocenters. The molecule has 0 bridgehead atoms. The quantitative estimate of drug-likeness (QED) is 0.358. The highest BCUT2D eigenvalue weighted by molar-refractivity contribution is 5.66. The van der Waals surface area contributed by atoms with Crippen molar-refractivity contribution in [3.63, 3.8) is 0 Å². The first-order valence-electron chi connectivity index (χ1n) is 9.98. The van der Waals surface area contributed by atoms with Crippen molar-refractivity contribution in [3.05, 3.63) is 48.6 Å². The van der Waals surface area contributed by atoms with E-state index in [-0.39, 0.29) is 6.42 Å². The smallest absolute Gasteiger partial charge is 0.303 e. The predicted molar refractivity (Wildman–Crippen MR) is 109 cm³/mol. The van der Waals surface area contributed by atoms with Gasteiger partial charge in [-0.3, -0.25) is 4.79 Å². The minimum Gasteiger partial charge on any atom is -0.481 e. The van der Waals surface area contributed by atoms with E-state index in [0.29, 0.717) is 32.1 Å². The van der Waals surface area contributed by atoms with Gasteiger partial charge in [-0.1, -0.05) is 55.5 Å². The Hall–Kier alpha value is -1.73. The first kappa shape index (κ1) is 24.3. The van der Waals surface area contributed by atoms with Crippen molar-refractivity contribution in [1.82, 2.24) is 0 Å². The third kappa shape index (κ3) is 10.6. The summed E-state index contributed by atoms with van der Waals surface area (Å²) in [6.07, 6.45) is 15.2. The minimum atomic E-state index is -0.807. The number of carbonyl (C=O) groups is 1. The van der Waals surface area contributed by atoms with Crippen LogP contribution in [0.15, 0.2) is 48.6 Å². The number of aliphatic hydroxyl groups excluding tert-OH is 3. The van der Waals surface area contributed by atoms with Crippen LogP contribution in [0.25, 0.3) is 0 Å². The van der Waals surface area contributed by atoms with Crippen LogP contribution in [0.5, 0.6) is 0 Å². The number of aliphatic hydroxyl groups is 3. The summed E-state index contributed by atoms with van der Waals surface area (Å²) < 4.78 is 5.72. The van der Waals surface area contributed by atoms with Crippen LogP contribution in [0.4, 0.5) is 0 Å². The predicted octanol–water partition coefficient (Wildman–Crippen LogP) is 2.90. The molecule has 1 fully saturated rings. The fraction of sp³-hybridized carbons (Fsp3) is 0.591. The molecule has 1 rings (SSSR count). The summed E-state index contributed by atoms with van der Waals surface area (Å²) in [5.41, 5.74) is 0. The second-order valence-corrected chi connectivity index (χ2v) is 6.92. The Balaban J connectivity index is 2.31. The molecule has 6 nitrogen and oxygen atoms in total. The largest absolute Gasteiger partial charge is 0.481 e. The molecule has 0 saturated carbocycles. The second-order valence-electron chi connectivity index (χ2n) is 6.92. The van der Waals surface area contributed by atoms with E-state index in [1.165, 1.54) is 0 Å². The fourth-order valence-corrected chi connectivity index (χ4v) is 2.84. The number of ether oxygens (including phenoxy) is 1.